The van der Waals surface area contributed by atoms with Crippen molar-refractivity contribution in [1.29, 1.82) is 0 Å². The first-order valence-corrected chi connectivity index (χ1v) is 5.63. The highest BCUT2D eigenvalue weighted by Gasteiger charge is 2.48. The summed E-state index contributed by atoms with van der Waals surface area (Å²) in [5, 5.41) is 4.15. The molecule has 4 heteroatoms. The van der Waals surface area contributed by atoms with Crippen LogP contribution in [0.2, 0.25) is 0 Å². The topological polar surface area (TPSA) is 43.8 Å². The molecule has 0 saturated heterocycles. The molecule has 1 heterocycles. The predicted octanol–water partition coefficient (Wildman–Crippen LogP) is 1.83. The Balaban J connectivity index is 2.28. The number of halogens is 1. The third-order valence-corrected chi connectivity index (χ3v) is 3.10. The second-order valence-electron chi connectivity index (χ2n) is 4.28. The normalized spacial score (nSPS) is 20.2. The molecule has 1 aromatic heterocycles. The summed E-state index contributed by atoms with van der Waals surface area (Å²) in [5.74, 6) is 0.106. The van der Waals surface area contributed by atoms with Crippen molar-refractivity contribution < 1.29 is 4.39 Å². The molecule has 1 unspecified atom stereocenters. The molecule has 0 aliphatic heterocycles. The van der Waals surface area contributed by atoms with Crippen molar-refractivity contribution >= 4 is 0 Å². The summed E-state index contributed by atoms with van der Waals surface area (Å²) in [6, 6.07) is 1.76. The first kappa shape index (κ1) is 10.6. The van der Waals surface area contributed by atoms with Gasteiger partial charge in [0.05, 0.1) is 5.69 Å². The van der Waals surface area contributed by atoms with Gasteiger partial charge in [0.1, 0.15) is 0 Å². The molecule has 0 aromatic carbocycles. The molecule has 3 nitrogen and oxygen atoms in total. The van der Waals surface area contributed by atoms with E-state index >= 15 is 0 Å². The number of hydrogen-bond acceptors (Lipinski definition) is 2. The van der Waals surface area contributed by atoms with Gasteiger partial charge in [-0.15, -0.1) is 0 Å². The molecule has 2 N–H and O–H groups in total. The summed E-state index contributed by atoms with van der Waals surface area (Å²) in [4.78, 5) is 0. The van der Waals surface area contributed by atoms with Gasteiger partial charge in [-0.2, -0.15) is 5.10 Å². The smallest absolute Gasteiger partial charge is 0.167 e. The van der Waals surface area contributed by atoms with Gasteiger partial charge in [-0.25, -0.2) is 4.39 Å². The minimum absolute atomic E-state index is 0.0626. The molecule has 1 atom stereocenters. The molecule has 1 aliphatic rings. The number of nitrogens with two attached hydrogens (primary N) is 1. The highest BCUT2D eigenvalue weighted by molar-refractivity contribution is 5.17. The van der Waals surface area contributed by atoms with Crippen LogP contribution in [-0.4, -0.2) is 16.3 Å². The molecule has 84 valence electrons. The predicted molar refractivity (Wildman–Crippen MR) is 57.1 cm³/mol. The quantitative estimate of drug-likeness (QED) is 0.807. The monoisotopic (exact) mass is 211 g/mol. The van der Waals surface area contributed by atoms with E-state index in [9.17, 15) is 4.39 Å². The van der Waals surface area contributed by atoms with E-state index in [1.54, 1.807) is 16.9 Å². The van der Waals surface area contributed by atoms with Gasteiger partial charge >= 0.3 is 0 Å². The number of nitrogens with zero attached hydrogens (tertiary/aromatic N) is 2. The van der Waals surface area contributed by atoms with E-state index in [-0.39, 0.29) is 12.5 Å². The van der Waals surface area contributed by atoms with Gasteiger partial charge in [0.15, 0.2) is 5.67 Å². The Kier molecular flexibility index (Phi) is 2.78. The third kappa shape index (κ3) is 1.78. The van der Waals surface area contributed by atoms with E-state index in [0.29, 0.717) is 5.69 Å². The van der Waals surface area contributed by atoms with Crippen LogP contribution in [0.3, 0.4) is 0 Å². The minimum atomic E-state index is -1.36. The standard InChI is InChI=1S/C11H18FN3/c1-2-7-15-10(5-6-14-15)11(12,8-13)9-3-4-9/h5-6,9H,2-4,7-8,13H2,1H3. The van der Waals surface area contributed by atoms with Crippen molar-refractivity contribution in [3.05, 3.63) is 18.0 Å². The maximum absolute atomic E-state index is 14.7. The second-order valence-corrected chi connectivity index (χ2v) is 4.28. The van der Waals surface area contributed by atoms with Crippen molar-refractivity contribution in [3.8, 4) is 0 Å². The fourth-order valence-corrected chi connectivity index (χ4v) is 2.10. The minimum Gasteiger partial charge on any atom is -0.327 e. The van der Waals surface area contributed by atoms with Crippen LogP contribution in [0, 0.1) is 5.92 Å². The summed E-state index contributed by atoms with van der Waals surface area (Å²) >= 11 is 0. The molecule has 1 aromatic rings. The van der Waals surface area contributed by atoms with Gasteiger partial charge in [0, 0.05) is 25.2 Å². The van der Waals surface area contributed by atoms with Crippen LogP contribution in [0.25, 0.3) is 0 Å². The number of alkyl halides is 1. The van der Waals surface area contributed by atoms with Crippen molar-refractivity contribution in [3.63, 3.8) is 0 Å². The first-order valence-electron chi connectivity index (χ1n) is 5.63. The lowest BCUT2D eigenvalue weighted by Crippen LogP contribution is -2.35. The molecule has 2 rings (SSSR count). The lowest BCUT2D eigenvalue weighted by molar-refractivity contribution is 0.129. The van der Waals surface area contributed by atoms with Gasteiger partial charge in [0.2, 0.25) is 0 Å². The fraction of sp³-hybridized carbons (Fsp3) is 0.727. The molecule has 0 spiro atoms. The molecule has 1 saturated carbocycles. The fourth-order valence-electron chi connectivity index (χ4n) is 2.10. The van der Waals surface area contributed by atoms with Gasteiger partial charge in [-0.3, -0.25) is 4.68 Å². The largest absolute Gasteiger partial charge is 0.327 e. The Bertz CT molecular complexity index is 332. The maximum Gasteiger partial charge on any atom is 0.167 e. The van der Waals surface area contributed by atoms with Crippen molar-refractivity contribution in [2.24, 2.45) is 11.7 Å². The molecule has 0 amide bonds. The van der Waals surface area contributed by atoms with Crippen LogP contribution in [0.5, 0.6) is 0 Å². The zero-order valence-corrected chi connectivity index (χ0v) is 9.12. The van der Waals surface area contributed by atoms with E-state index in [1.807, 2.05) is 0 Å². The summed E-state index contributed by atoms with van der Waals surface area (Å²) in [5.41, 5.74) is 4.89. The van der Waals surface area contributed by atoms with E-state index in [0.717, 1.165) is 25.8 Å². The van der Waals surface area contributed by atoms with Gasteiger partial charge < -0.3 is 5.73 Å². The van der Waals surface area contributed by atoms with Crippen molar-refractivity contribution in [2.45, 2.75) is 38.4 Å². The third-order valence-electron chi connectivity index (χ3n) is 3.10. The summed E-state index contributed by atoms with van der Waals surface area (Å²) in [6.45, 7) is 2.89. The molecular weight excluding hydrogens is 193 g/mol. The van der Waals surface area contributed by atoms with E-state index in [1.165, 1.54) is 0 Å². The van der Waals surface area contributed by atoms with Crippen LogP contribution >= 0.6 is 0 Å². The van der Waals surface area contributed by atoms with E-state index in [4.69, 9.17) is 5.73 Å². The Morgan fingerprint density at radius 1 is 1.67 bits per heavy atom. The summed E-state index contributed by atoms with van der Waals surface area (Å²) < 4.78 is 16.4. The number of rotatable bonds is 5. The molecule has 1 aliphatic carbocycles. The van der Waals surface area contributed by atoms with Crippen LogP contribution in [0.4, 0.5) is 4.39 Å². The lowest BCUT2D eigenvalue weighted by Gasteiger charge is -2.24. The average Bonchev–Trinajstić information content (AvgIpc) is 3.00. The molecule has 0 bridgehead atoms. The van der Waals surface area contributed by atoms with Gasteiger partial charge in [-0.1, -0.05) is 6.92 Å². The molecule has 0 radical (unpaired) electrons. The zero-order chi connectivity index (χ0) is 10.9. The van der Waals surface area contributed by atoms with Crippen LogP contribution < -0.4 is 5.73 Å². The Morgan fingerprint density at radius 2 is 2.40 bits per heavy atom. The number of aromatic nitrogens is 2. The van der Waals surface area contributed by atoms with E-state index < -0.39 is 5.67 Å². The number of hydrogen-bond donors (Lipinski definition) is 1. The molecular formula is C11H18FN3. The molecule has 1 fully saturated rings. The van der Waals surface area contributed by atoms with Crippen LogP contribution in [0.15, 0.2) is 12.3 Å². The Labute approximate surface area is 89.5 Å². The van der Waals surface area contributed by atoms with Crippen molar-refractivity contribution in [1.82, 2.24) is 9.78 Å². The molecule has 15 heavy (non-hydrogen) atoms. The summed E-state index contributed by atoms with van der Waals surface area (Å²) in [7, 11) is 0. The van der Waals surface area contributed by atoms with E-state index in [2.05, 4.69) is 12.0 Å². The first-order chi connectivity index (χ1) is 7.22. The maximum atomic E-state index is 14.7. The average molecular weight is 211 g/mol. The summed E-state index contributed by atoms with van der Waals surface area (Å²) in [6.07, 6.45) is 4.52. The highest BCUT2D eigenvalue weighted by Crippen LogP contribution is 2.47. The number of aryl methyl sites for hydroxylation is 1. The van der Waals surface area contributed by atoms with Crippen LogP contribution in [-0.2, 0) is 12.2 Å². The highest BCUT2D eigenvalue weighted by atomic mass is 19.1. The SMILES string of the molecule is CCCn1nccc1C(F)(CN)C1CC1. The van der Waals surface area contributed by atoms with Crippen molar-refractivity contribution in [2.75, 3.05) is 6.54 Å². The van der Waals surface area contributed by atoms with Gasteiger partial charge in [-0.05, 0) is 25.3 Å². The second kappa shape index (κ2) is 3.93. The van der Waals surface area contributed by atoms with Crippen LogP contribution in [0.1, 0.15) is 31.9 Å². The lowest BCUT2D eigenvalue weighted by atomic mass is 9.96. The Hall–Kier alpha value is -0.900. The Morgan fingerprint density at radius 3 is 2.93 bits per heavy atom. The van der Waals surface area contributed by atoms with Gasteiger partial charge in [0.25, 0.3) is 0 Å². The zero-order valence-electron chi connectivity index (χ0n) is 9.12.